The zero-order valence-electron chi connectivity index (χ0n) is 11.2. The average molecular weight is 361 g/mol. The second-order valence-corrected chi connectivity index (χ2v) is 6.53. The van der Waals surface area contributed by atoms with Crippen molar-refractivity contribution in [1.29, 1.82) is 0 Å². The van der Waals surface area contributed by atoms with Crippen LogP contribution < -0.4 is 8.92 Å². The Morgan fingerprint density at radius 1 is 1.09 bits per heavy atom. The Morgan fingerprint density at radius 2 is 1.73 bits per heavy atom. The van der Waals surface area contributed by atoms with E-state index in [4.69, 9.17) is 32.1 Å². The molecule has 0 atom stereocenters. The third-order valence-corrected chi connectivity index (χ3v) is 4.45. The van der Waals surface area contributed by atoms with E-state index in [0.29, 0.717) is 11.3 Å². The maximum Gasteiger partial charge on any atom is 0.339 e. The minimum atomic E-state index is -4.12. The van der Waals surface area contributed by atoms with Gasteiger partial charge >= 0.3 is 10.1 Å². The van der Waals surface area contributed by atoms with E-state index in [-0.39, 0.29) is 27.0 Å². The van der Waals surface area contributed by atoms with Crippen LogP contribution in [0.25, 0.3) is 0 Å². The van der Waals surface area contributed by atoms with Gasteiger partial charge in [-0.2, -0.15) is 8.42 Å². The van der Waals surface area contributed by atoms with Gasteiger partial charge in [0.25, 0.3) is 0 Å². The summed E-state index contributed by atoms with van der Waals surface area (Å²) in [6.45, 7) is 0. The van der Waals surface area contributed by atoms with Crippen LogP contribution in [0.15, 0.2) is 41.3 Å². The van der Waals surface area contributed by atoms with Crippen molar-refractivity contribution in [2.75, 3.05) is 7.11 Å². The van der Waals surface area contributed by atoms with Crippen LogP contribution in [0.1, 0.15) is 10.4 Å². The first-order valence-corrected chi connectivity index (χ1v) is 8.06. The molecular formula is C14H10Cl2O5S. The molecule has 22 heavy (non-hydrogen) atoms. The number of carbonyl (C=O) groups excluding carboxylic acids is 1. The molecule has 0 amide bonds. The SMILES string of the molecule is COc1cc(C=O)cc(Cl)c1OS(=O)(=O)c1ccc(Cl)cc1. The molecule has 0 heterocycles. The summed E-state index contributed by atoms with van der Waals surface area (Å²) >= 11 is 11.7. The lowest BCUT2D eigenvalue weighted by Gasteiger charge is -2.12. The van der Waals surface area contributed by atoms with Gasteiger partial charge in [-0.1, -0.05) is 23.2 Å². The highest BCUT2D eigenvalue weighted by Crippen LogP contribution is 2.38. The van der Waals surface area contributed by atoms with E-state index >= 15 is 0 Å². The summed E-state index contributed by atoms with van der Waals surface area (Å²) in [6.07, 6.45) is 0.561. The van der Waals surface area contributed by atoms with E-state index in [1.165, 1.54) is 43.5 Å². The van der Waals surface area contributed by atoms with Gasteiger partial charge in [-0.3, -0.25) is 4.79 Å². The summed E-state index contributed by atoms with van der Waals surface area (Å²) in [7, 11) is -2.81. The standard InChI is InChI=1S/C14H10Cl2O5S/c1-20-13-7-9(8-17)6-12(16)14(13)21-22(18,19)11-4-2-10(15)3-5-11/h2-8H,1H3. The third kappa shape index (κ3) is 3.52. The monoisotopic (exact) mass is 360 g/mol. The molecule has 0 saturated heterocycles. The molecule has 0 spiro atoms. The summed E-state index contributed by atoms with van der Waals surface area (Å²) in [6, 6.07) is 8.06. The maximum atomic E-state index is 12.2. The predicted octanol–water partition coefficient (Wildman–Crippen LogP) is 3.58. The predicted molar refractivity (Wildman–Crippen MR) is 82.7 cm³/mol. The molecule has 0 aromatic heterocycles. The minimum absolute atomic E-state index is 0.0344. The number of methoxy groups -OCH3 is 1. The maximum absolute atomic E-state index is 12.2. The zero-order chi connectivity index (χ0) is 16.3. The van der Waals surface area contributed by atoms with Gasteiger partial charge in [0.1, 0.15) is 11.2 Å². The highest BCUT2D eigenvalue weighted by atomic mass is 35.5. The van der Waals surface area contributed by atoms with Crippen molar-refractivity contribution < 1.29 is 22.1 Å². The molecule has 0 radical (unpaired) electrons. The number of rotatable bonds is 5. The third-order valence-electron chi connectivity index (χ3n) is 2.68. The number of benzene rings is 2. The number of ether oxygens (including phenoxy) is 1. The molecule has 2 rings (SSSR count). The second-order valence-electron chi connectivity index (χ2n) is 4.14. The van der Waals surface area contributed by atoms with Crippen LogP contribution in [-0.2, 0) is 10.1 Å². The molecule has 116 valence electrons. The minimum Gasteiger partial charge on any atom is -0.493 e. The van der Waals surface area contributed by atoms with Gasteiger partial charge in [0.2, 0.25) is 5.75 Å². The van der Waals surface area contributed by atoms with Gasteiger partial charge in [-0.15, -0.1) is 0 Å². The fourth-order valence-electron chi connectivity index (χ4n) is 1.65. The zero-order valence-corrected chi connectivity index (χ0v) is 13.6. The molecule has 0 bridgehead atoms. The van der Waals surface area contributed by atoms with Crippen LogP contribution in [0, 0.1) is 0 Å². The summed E-state index contributed by atoms with van der Waals surface area (Å²) in [4.78, 5) is 10.7. The number of aldehydes is 1. The van der Waals surface area contributed by atoms with Gasteiger partial charge in [-0.25, -0.2) is 0 Å². The van der Waals surface area contributed by atoms with Gasteiger partial charge in [0, 0.05) is 10.6 Å². The van der Waals surface area contributed by atoms with Gasteiger partial charge < -0.3 is 8.92 Å². The fraction of sp³-hybridized carbons (Fsp3) is 0.0714. The molecule has 2 aromatic carbocycles. The van der Waals surface area contributed by atoms with Crippen LogP contribution >= 0.6 is 23.2 Å². The lowest BCUT2D eigenvalue weighted by atomic mass is 10.2. The first kappa shape index (κ1) is 16.6. The van der Waals surface area contributed by atoms with Crippen molar-refractivity contribution in [2.45, 2.75) is 4.90 Å². The van der Waals surface area contributed by atoms with Crippen LogP contribution in [0.4, 0.5) is 0 Å². The average Bonchev–Trinajstić information content (AvgIpc) is 2.49. The molecule has 0 saturated carbocycles. The summed E-state index contributed by atoms with van der Waals surface area (Å²) in [5, 5.41) is 0.337. The Bertz CT molecular complexity index is 801. The number of carbonyl (C=O) groups is 1. The van der Waals surface area contributed by atoms with Crippen LogP contribution in [0.5, 0.6) is 11.5 Å². The van der Waals surface area contributed by atoms with Crippen LogP contribution in [-0.4, -0.2) is 21.8 Å². The molecule has 0 fully saturated rings. The summed E-state index contributed by atoms with van der Waals surface area (Å²) < 4.78 is 34.5. The van der Waals surface area contributed by atoms with Gasteiger partial charge in [0.15, 0.2) is 5.75 Å². The summed E-state index contributed by atoms with van der Waals surface area (Å²) in [5.41, 5.74) is 0.234. The normalized spacial score (nSPS) is 11.0. The van der Waals surface area contributed by atoms with Crippen molar-refractivity contribution >= 4 is 39.6 Å². The Balaban J connectivity index is 2.45. The fourth-order valence-corrected chi connectivity index (χ4v) is 3.03. The molecule has 0 aliphatic rings. The lowest BCUT2D eigenvalue weighted by Crippen LogP contribution is -2.11. The van der Waals surface area contributed by atoms with Crippen molar-refractivity contribution in [3.63, 3.8) is 0 Å². The van der Waals surface area contributed by atoms with Crippen molar-refractivity contribution in [3.8, 4) is 11.5 Å². The quantitative estimate of drug-likeness (QED) is 0.601. The molecule has 0 aliphatic carbocycles. The van der Waals surface area contributed by atoms with E-state index in [1.54, 1.807) is 0 Å². The highest BCUT2D eigenvalue weighted by molar-refractivity contribution is 7.87. The van der Waals surface area contributed by atoms with Crippen molar-refractivity contribution in [3.05, 3.63) is 52.0 Å². The smallest absolute Gasteiger partial charge is 0.339 e. The topological polar surface area (TPSA) is 69.7 Å². The van der Waals surface area contributed by atoms with Crippen LogP contribution in [0.3, 0.4) is 0 Å². The Hall–Kier alpha value is -1.76. The van der Waals surface area contributed by atoms with E-state index in [0.717, 1.165) is 0 Å². The van der Waals surface area contributed by atoms with E-state index in [1.807, 2.05) is 0 Å². The number of halogens is 2. The largest absolute Gasteiger partial charge is 0.493 e. The molecule has 0 unspecified atom stereocenters. The Kier molecular flexibility index (Phi) is 4.95. The molecule has 0 N–H and O–H groups in total. The van der Waals surface area contributed by atoms with Crippen molar-refractivity contribution in [1.82, 2.24) is 0 Å². The number of hydrogen-bond donors (Lipinski definition) is 0. The summed E-state index contributed by atoms with van der Waals surface area (Å²) in [5.74, 6) is -0.156. The molecular weight excluding hydrogens is 351 g/mol. The molecule has 2 aromatic rings. The van der Waals surface area contributed by atoms with E-state index < -0.39 is 10.1 Å². The van der Waals surface area contributed by atoms with Gasteiger partial charge in [0.05, 0.1) is 12.1 Å². The first-order chi connectivity index (χ1) is 10.4. The lowest BCUT2D eigenvalue weighted by molar-refractivity contribution is 0.112. The van der Waals surface area contributed by atoms with E-state index in [2.05, 4.69) is 0 Å². The van der Waals surface area contributed by atoms with Gasteiger partial charge in [-0.05, 0) is 36.4 Å². The number of hydrogen-bond acceptors (Lipinski definition) is 5. The Labute approximate surface area is 137 Å². The Morgan fingerprint density at radius 3 is 2.27 bits per heavy atom. The van der Waals surface area contributed by atoms with Crippen LogP contribution in [0.2, 0.25) is 10.0 Å². The first-order valence-electron chi connectivity index (χ1n) is 5.90. The molecule has 0 aliphatic heterocycles. The molecule has 5 nitrogen and oxygen atoms in total. The second kappa shape index (κ2) is 6.56. The van der Waals surface area contributed by atoms with Crippen molar-refractivity contribution in [2.24, 2.45) is 0 Å². The highest BCUT2D eigenvalue weighted by Gasteiger charge is 2.22. The molecule has 8 heteroatoms. The van der Waals surface area contributed by atoms with E-state index in [9.17, 15) is 13.2 Å².